The van der Waals surface area contributed by atoms with Crippen LogP contribution in [-0.4, -0.2) is 40.0 Å². The second kappa shape index (κ2) is 4.38. The largest absolute Gasteiger partial charge is 0.341 e. The van der Waals surface area contributed by atoms with E-state index in [0.29, 0.717) is 13.1 Å². The highest BCUT2D eigenvalue weighted by Crippen LogP contribution is 2.20. The summed E-state index contributed by atoms with van der Waals surface area (Å²) >= 11 is 0. The SMILES string of the molecule is CC(=O)N1CC(C(=O)Nc2ccc3cn[nH]c3c2)C1. The summed E-state index contributed by atoms with van der Waals surface area (Å²) < 4.78 is 0. The molecule has 19 heavy (non-hydrogen) atoms. The minimum Gasteiger partial charge on any atom is -0.341 e. The minimum absolute atomic E-state index is 0.0166. The molecule has 0 bridgehead atoms. The Morgan fingerprint density at radius 1 is 1.42 bits per heavy atom. The third-order valence-corrected chi connectivity index (χ3v) is 3.41. The summed E-state index contributed by atoms with van der Waals surface area (Å²) in [6.45, 7) is 2.53. The number of likely N-dealkylation sites (tertiary alicyclic amines) is 1. The number of fused-ring (bicyclic) bond motifs is 1. The Bertz CT molecular complexity index is 643. The van der Waals surface area contributed by atoms with Crippen molar-refractivity contribution in [1.29, 1.82) is 0 Å². The number of hydrogen-bond acceptors (Lipinski definition) is 3. The molecule has 2 N–H and O–H groups in total. The summed E-state index contributed by atoms with van der Waals surface area (Å²) in [5, 5.41) is 10.7. The maximum Gasteiger partial charge on any atom is 0.231 e. The molecule has 0 saturated carbocycles. The minimum atomic E-state index is -0.110. The van der Waals surface area contributed by atoms with Crippen molar-refractivity contribution in [2.24, 2.45) is 5.92 Å². The Hall–Kier alpha value is -2.37. The number of anilines is 1. The fraction of sp³-hybridized carbons (Fsp3) is 0.308. The van der Waals surface area contributed by atoms with Gasteiger partial charge in [-0.3, -0.25) is 14.7 Å². The van der Waals surface area contributed by atoms with Gasteiger partial charge in [0.25, 0.3) is 0 Å². The number of amides is 2. The summed E-state index contributed by atoms with van der Waals surface area (Å²) in [6, 6.07) is 5.59. The second-order valence-corrected chi connectivity index (χ2v) is 4.78. The average molecular weight is 258 g/mol. The van der Waals surface area contributed by atoms with Gasteiger partial charge in [0.1, 0.15) is 0 Å². The Morgan fingerprint density at radius 2 is 2.21 bits per heavy atom. The van der Waals surface area contributed by atoms with Crippen LogP contribution in [-0.2, 0) is 9.59 Å². The third kappa shape index (κ3) is 2.16. The number of rotatable bonds is 2. The van der Waals surface area contributed by atoms with E-state index in [0.717, 1.165) is 16.6 Å². The Labute approximate surface area is 109 Å². The molecule has 1 aliphatic heterocycles. The second-order valence-electron chi connectivity index (χ2n) is 4.78. The zero-order chi connectivity index (χ0) is 13.4. The Kier molecular flexibility index (Phi) is 2.70. The van der Waals surface area contributed by atoms with Crippen molar-refractivity contribution >= 4 is 28.4 Å². The fourth-order valence-corrected chi connectivity index (χ4v) is 2.16. The molecule has 6 nitrogen and oxygen atoms in total. The Morgan fingerprint density at radius 3 is 2.95 bits per heavy atom. The van der Waals surface area contributed by atoms with E-state index in [1.54, 1.807) is 11.1 Å². The molecule has 1 saturated heterocycles. The fourth-order valence-electron chi connectivity index (χ4n) is 2.16. The molecule has 2 amide bonds. The number of hydrogen-bond donors (Lipinski definition) is 2. The van der Waals surface area contributed by atoms with Gasteiger partial charge in [0, 0.05) is 31.1 Å². The lowest BCUT2D eigenvalue weighted by Gasteiger charge is -2.37. The first kappa shape index (κ1) is 11.7. The lowest BCUT2D eigenvalue weighted by molar-refractivity contribution is -0.139. The molecule has 6 heteroatoms. The number of H-pyrrole nitrogens is 1. The molecule has 0 aliphatic carbocycles. The van der Waals surface area contributed by atoms with Gasteiger partial charge in [-0.05, 0) is 18.2 Å². The van der Waals surface area contributed by atoms with Crippen LogP contribution in [0.2, 0.25) is 0 Å². The van der Waals surface area contributed by atoms with E-state index < -0.39 is 0 Å². The number of carbonyl (C=O) groups is 2. The van der Waals surface area contributed by atoms with Gasteiger partial charge in [0.15, 0.2) is 0 Å². The van der Waals surface area contributed by atoms with Gasteiger partial charge < -0.3 is 10.2 Å². The molecule has 1 aliphatic rings. The van der Waals surface area contributed by atoms with E-state index in [4.69, 9.17) is 0 Å². The molecular formula is C13H14N4O2. The van der Waals surface area contributed by atoms with Crippen LogP contribution in [0.5, 0.6) is 0 Å². The molecule has 0 unspecified atom stereocenters. The third-order valence-electron chi connectivity index (χ3n) is 3.41. The van der Waals surface area contributed by atoms with Gasteiger partial charge in [-0.2, -0.15) is 5.10 Å². The number of aromatic nitrogens is 2. The van der Waals surface area contributed by atoms with Crippen LogP contribution in [0, 0.1) is 5.92 Å². The summed E-state index contributed by atoms with van der Waals surface area (Å²) in [4.78, 5) is 24.7. The van der Waals surface area contributed by atoms with E-state index in [1.807, 2.05) is 18.2 Å². The summed E-state index contributed by atoms with van der Waals surface area (Å²) in [5.41, 5.74) is 1.62. The van der Waals surface area contributed by atoms with Crippen LogP contribution in [0.25, 0.3) is 10.9 Å². The average Bonchev–Trinajstić information content (AvgIpc) is 2.73. The van der Waals surface area contributed by atoms with Gasteiger partial charge >= 0.3 is 0 Å². The molecule has 1 fully saturated rings. The first-order valence-electron chi connectivity index (χ1n) is 6.13. The first-order valence-corrected chi connectivity index (χ1v) is 6.13. The van der Waals surface area contributed by atoms with Crippen molar-refractivity contribution in [1.82, 2.24) is 15.1 Å². The number of carbonyl (C=O) groups excluding carboxylic acids is 2. The van der Waals surface area contributed by atoms with Crippen LogP contribution >= 0.6 is 0 Å². The van der Waals surface area contributed by atoms with Crippen LogP contribution < -0.4 is 5.32 Å². The Balaban J connectivity index is 1.65. The molecule has 0 atom stereocenters. The highest BCUT2D eigenvalue weighted by atomic mass is 16.2. The van der Waals surface area contributed by atoms with Crippen LogP contribution in [0.3, 0.4) is 0 Å². The number of nitrogens with zero attached hydrogens (tertiary/aromatic N) is 2. The lowest BCUT2D eigenvalue weighted by Crippen LogP contribution is -2.53. The van der Waals surface area contributed by atoms with Crippen LogP contribution in [0.15, 0.2) is 24.4 Å². The molecule has 1 aromatic heterocycles. The van der Waals surface area contributed by atoms with E-state index >= 15 is 0 Å². The smallest absolute Gasteiger partial charge is 0.231 e. The summed E-state index contributed by atoms with van der Waals surface area (Å²) in [5.74, 6) is -0.138. The van der Waals surface area contributed by atoms with Crippen molar-refractivity contribution in [3.63, 3.8) is 0 Å². The van der Waals surface area contributed by atoms with Gasteiger partial charge in [0.2, 0.25) is 11.8 Å². The zero-order valence-corrected chi connectivity index (χ0v) is 10.5. The highest BCUT2D eigenvalue weighted by Gasteiger charge is 2.34. The van der Waals surface area contributed by atoms with Crippen molar-refractivity contribution in [2.45, 2.75) is 6.92 Å². The molecule has 2 heterocycles. The van der Waals surface area contributed by atoms with Gasteiger partial charge in [-0.1, -0.05) is 0 Å². The quantitative estimate of drug-likeness (QED) is 0.842. The van der Waals surface area contributed by atoms with E-state index in [-0.39, 0.29) is 17.7 Å². The number of nitrogens with one attached hydrogen (secondary N) is 2. The number of benzene rings is 1. The van der Waals surface area contributed by atoms with Crippen LogP contribution in [0.1, 0.15) is 6.92 Å². The van der Waals surface area contributed by atoms with E-state index in [2.05, 4.69) is 15.5 Å². The maximum atomic E-state index is 12.0. The van der Waals surface area contributed by atoms with Crippen molar-refractivity contribution in [2.75, 3.05) is 18.4 Å². The van der Waals surface area contributed by atoms with Crippen molar-refractivity contribution < 1.29 is 9.59 Å². The normalized spacial score (nSPS) is 15.3. The molecule has 1 aromatic carbocycles. The maximum absolute atomic E-state index is 12.0. The molecule has 3 rings (SSSR count). The molecule has 98 valence electrons. The van der Waals surface area contributed by atoms with Crippen molar-refractivity contribution in [3.8, 4) is 0 Å². The molecule has 0 radical (unpaired) electrons. The van der Waals surface area contributed by atoms with Gasteiger partial charge in [0.05, 0.1) is 17.6 Å². The van der Waals surface area contributed by atoms with Gasteiger partial charge in [-0.25, -0.2) is 0 Å². The topological polar surface area (TPSA) is 78.1 Å². The zero-order valence-electron chi connectivity index (χ0n) is 10.5. The van der Waals surface area contributed by atoms with Gasteiger partial charge in [-0.15, -0.1) is 0 Å². The van der Waals surface area contributed by atoms with E-state index in [1.165, 1.54) is 6.92 Å². The number of aromatic amines is 1. The van der Waals surface area contributed by atoms with Crippen molar-refractivity contribution in [3.05, 3.63) is 24.4 Å². The standard InChI is InChI=1S/C13H14N4O2/c1-8(18)17-6-10(7-17)13(19)15-11-3-2-9-5-14-16-12(9)4-11/h2-5,10H,6-7H2,1H3,(H,14,16)(H,15,19). The lowest BCUT2D eigenvalue weighted by atomic mass is 9.99. The summed E-state index contributed by atoms with van der Waals surface area (Å²) in [7, 11) is 0. The van der Waals surface area contributed by atoms with Crippen LogP contribution in [0.4, 0.5) is 5.69 Å². The predicted octanol–water partition coefficient (Wildman–Crippen LogP) is 0.980. The summed E-state index contributed by atoms with van der Waals surface area (Å²) in [6.07, 6.45) is 1.73. The molecular weight excluding hydrogens is 244 g/mol. The highest BCUT2D eigenvalue weighted by molar-refractivity contribution is 5.96. The molecule has 2 aromatic rings. The predicted molar refractivity (Wildman–Crippen MR) is 70.5 cm³/mol. The monoisotopic (exact) mass is 258 g/mol. The van der Waals surface area contributed by atoms with E-state index in [9.17, 15) is 9.59 Å². The molecule has 0 spiro atoms. The first-order chi connectivity index (χ1) is 9.13.